The lowest BCUT2D eigenvalue weighted by Gasteiger charge is -2.05. The average molecular weight is 349 g/mol. The number of nitrogens with zero attached hydrogens (tertiary/aromatic N) is 2. The number of hydrogen-bond acceptors (Lipinski definition) is 6. The van der Waals surface area contributed by atoms with Crippen LogP contribution < -0.4 is 4.72 Å². The predicted molar refractivity (Wildman–Crippen MR) is 88.3 cm³/mol. The molecule has 0 saturated carbocycles. The quantitative estimate of drug-likeness (QED) is 0.739. The van der Waals surface area contributed by atoms with Crippen molar-refractivity contribution in [2.24, 2.45) is 0 Å². The Bertz CT molecular complexity index is 886. The van der Waals surface area contributed by atoms with Crippen LogP contribution in [0.1, 0.15) is 17.0 Å². The molecule has 120 valence electrons. The molecule has 2 aromatic heterocycles. The molecule has 0 aliphatic rings. The minimum Gasteiger partial charge on any atom is -0.337 e. The van der Waals surface area contributed by atoms with Gasteiger partial charge in [-0.1, -0.05) is 41.1 Å². The number of hydrogen-bond donors (Lipinski definition) is 1. The van der Waals surface area contributed by atoms with Crippen LogP contribution in [0.4, 0.5) is 0 Å². The summed E-state index contributed by atoms with van der Waals surface area (Å²) in [5, 5.41) is 5.76. The Morgan fingerprint density at radius 3 is 2.87 bits per heavy atom. The molecule has 0 aliphatic heterocycles. The van der Waals surface area contributed by atoms with E-state index in [1.807, 2.05) is 42.6 Å². The normalized spacial score (nSPS) is 11.7. The summed E-state index contributed by atoms with van der Waals surface area (Å²) in [7, 11) is -3.47. The molecule has 8 heteroatoms. The summed E-state index contributed by atoms with van der Waals surface area (Å²) in [6.07, 6.45) is 0. The Morgan fingerprint density at radius 1 is 1.26 bits per heavy atom. The van der Waals surface area contributed by atoms with Gasteiger partial charge in [0.2, 0.25) is 21.7 Å². The van der Waals surface area contributed by atoms with E-state index >= 15 is 0 Å². The maximum atomic E-state index is 12.1. The fourth-order valence-electron chi connectivity index (χ4n) is 2.08. The zero-order valence-electron chi connectivity index (χ0n) is 12.4. The van der Waals surface area contributed by atoms with E-state index in [0.29, 0.717) is 5.82 Å². The first-order valence-electron chi connectivity index (χ1n) is 6.91. The van der Waals surface area contributed by atoms with Gasteiger partial charge in [-0.15, -0.1) is 11.3 Å². The van der Waals surface area contributed by atoms with Gasteiger partial charge in [-0.3, -0.25) is 0 Å². The van der Waals surface area contributed by atoms with E-state index in [2.05, 4.69) is 14.9 Å². The van der Waals surface area contributed by atoms with Crippen LogP contribution >= 0.6 is 11.3 Å². The highest BCUT2D eigenvalue weighted by atomic mass is 32.2. The van der Waals surface area contributed by atoms with Gasteiger partial charge in [0.15, 0.2) is 0 Å². The highest BCUT2D eigenvalue weighted by Crippen LogP contribution is 2.21. The third kappa shape index (κ3) is 4.25. The number of thiophene rings is 1. The van der Waals surface area contributed by atoms with E-state index in [4.69, 9.17) is 4.52 Å². The fourth-order valence-corrected chi connectivity index (χ4v) is 3.79. The summed E-state index contributed by atoms with van der Waals surface area (Å²) in [6.45, 7) is 1.90. The number of aryl methyl sites for hydroxylation is 1. The van der Waals surface area contributed by atoms with Gasteiger partial charge >= 0.3 is 0 Å². The molecule has 6 nitrogen and oxygen atoms in total. The average Bonchev–Trinajstić information content (AvgIpc) is 3.16. The van der Waals surface area contributed by atoms with E-state index in [0.717, 1.165) is 16.0 Å². The highest BCUT2D eigenvalue weighted by molar-refractivity contribution is 7.88. The van der Waals surface area contributed by atoms with Gasteiger partial charge in [-0.25, -0.2) is 13.1 Å². The van der Waals surface area contributed by atoms with Crippen molar-refractivity contribution < 1.29 is 12.9 Å². The molecule has 0 saturated heterocycles. The van der Waals surface area contributed by atoms with Crippen molar-refractivity contribution in [3.05, 3.63) is 58.8 Å². The van der Waals surface area contributed by atoms with Crippen molar-refractivity contribution >= 4 is 21.4 Å². The first-order chi connectivity index (χ1) is 11.0. The first-order valence-corrected chi connectivity index (χ1v) is 9.44. The summed E-state index contributed by atoms with van der Waals surface area (Å²) in [6, 6.07) is 11.2. The van der Waals surface area contributed by atoms with Gasteiger partial charge in [0, 0.05) is 0 Å². The summed E-state index contributed by atoms with van der Waals surface area (Å²) in [5.41, 5.74) is 1.76. The second-order valence-corrected chi connectivity index (χ2v) is 7.81. The van der Waals surface area contributed by atoms with Gasteiger partial charge < -0.3 is 4.52 Å². The van der Waals surface area contributed by atoms with E-state index in [1.165, 1.54) is 11.3 Å². The molecule has 0 atom stereocenters. The molecule has 0 aliphatic carbocycles. The molecule has 0 spiro atoms. The van der Waals surface area contributed by atoms with Crippen LogP contribution in [0.15, 0.2) is 46.3 Å². The van der Waals surface area contributed by atoms with Crippen molar-refractivity contribution in [1.29, 1.82) is 0 Å². The molecule has 0 fully saturated rings. The summed E-state index contributed by atoms with van der Waals surface area (Å²) >= 11 is 1.49. The van der Waals surface area contributed by atoms with Crippen molar-refractivity contribution in [2.75, 3.05) is 0 Å². The van der Waals surface area contributed by atoms with Crippen molar-refractivity contribution in [1.82, 2.24) is 14.9 Å². The largest absolute Gasteiger partial charge is 0.337 e. The molecule has 0 unspecified atom stereocenters. The first kappa shape index (κ1) is 15.9. The minimum atomic E-state index is -3.47. The van der Waals surface area contributed by atoms with Gasteiger partial charge in [0.25, 0.3) is 0 Å². The molecule has 1 N–H and O–H groups in total. The molecule has 23 heavy (non-hydrogen) atoms. The maximum Gasteiger partial charge on any atom is 0.242 e. The van der Waals surface area contributed by atoms with Crippen LogP contribution in [0.3, 0.4) is 0 Å². The predicted octanol–water partition coefficient (Wildman–Crippen LogP) is 2.73. The number of rotatable bonds is 6. The lowest BCUT2D eigenvalue weighted by Crippen LogP contribution is -2.24. The van der Waals surface area contributed by atoms with Crippen LogP contribution in [0.2, 0.25) is 0 Å². The third-order valence-electron chi connectivity index (χ3n) is 3.09. The Kier molecular flexibility index (Phi) is 4.56. The molecule has 3 aromatic rings. The minimum absolute atomic E-state index is 0.0213. The summed E-state index contributed by atoms with van der Waals surface area (Å²) < 4.78 is 31.8. The third-order valence-corrected chi connectivity index (χ3v) is 5.26. The highest BCUT2D eigenvalue weighted by Gasteiger charge is 2.15. The van der Waals surface area contributed by atoms with Crippen LogP contribution in [0.5, 0.6) is 0 Å². The van der Waals surface area contributed by atoms with Crippen LogP contribution in [0.25, 0.3) is 10.7 Å². The smallest absolute Gasteiger partial charge is 0.242 e. The second-order valence-electron chi connectivity index (χ2n) is 5.06. The van der Waals surface area contributed by atoms with E-state index in [-0.39, 0.29) is 18.2 Å². The molecule has 2 heterocycles. The Labute approximate surface area is 138 Å². The monoisotopic (exact) mass is 349 g/mol. The van der Waals surface area contributed by atoms with Gasteiger partial charge in [-0.2, -0.15) is 4.98 Å². The molecule has 0 amide bonds. The zero-order chi connectivity index (χ0) is 16.3. The number of aromatic nitrogens is 2. The number of sulfonamides is 1. The Balaban J connectivity index is 1.63. The van der Waals surface area contributed by atoms with Crippen LogP contribution in [-0.2, 0) is 22.3 Å². The Hall–Kier alpha value is -2.03. The van der Waals surface area contributed by atoms with E-state index in [9.17, 15) is 8.42 Å². The number of nitrogens with one attached hydrogen (secondary N) is 1. The second kappa shape index (κ2) is 6.61. The van der Waals surface area contributed by atoms with E-state index in [1.54, 1.807) is 6.07 Å². The van der Waals surface area contributed by atoms with Crippen molar-refractivity contribution in [3.8, 4) is 10.7 Å². The molecular formula is C15H15N3O3S2. The standard InChI is InChI=1S/C15H15N3O3S2/c1-11-4-2-5-12(8-11)10-23(19,20)16-9-14-17-15(18-21-14)13-6-3-7-22-13/h2-8,16H,9-10H2,1H3. The van der Waals surface area contributed by atoms with Gasteiger partial charge in [0.05, 0.1) is 17.2 Å². The van der Waals surface area contributed by atoms with E-state index < -0.39 is 10.0 Å². The molecule has 1 aromatic carbocycles. The van der Waals surface area contributed by atoms with Gasteiger partial charge in [0.1, 0.15) is 0 Å². The summed E-state index contributed by atoms with van der Waals surface area (Å²) in [4.78, 5) is 5.06. The van der Waals surface area contributed by atoms with Crippen molar-refractivity contribution in [2.45, 2.75) is 19.2 Å². The van der Waals surface area contributed by atoms with Crippen LogP contribution in [0, 0.1) is 6.92 Å². The summed E-state index contributed by atoms with van der Waals surface area (Å²) in [5.74, 6) is 0.620. The van der Waals surface area contributed by atoms with Crippen LogP contribution in [-0.4, -0.2) is 18.6 Å². The number of benzene rings is 1. The Morgan fingerprint density at radius 2 is 2.13 bits per heavy atom. The zero-order valence-corrected chi connectivity index (χ0v) is 14.0. The van der Waals surface area contributed by atoms with Gasteiger partial charge in [-0.05, 0) is 23.9 Å². The molecular weight excluding hydrogens is 334 g/mol. The SMILES string of the molecule is Cc1cccc(CS(=O)(=O)NCc2nc(-c3cccs3)no2)c1. The topological polar surface area (TPSA) is 85.1 Å². The van der Waals surface area contributed by atoms with Crippen molar-refractivity contribution in [3.63, 3.8) is 0 Å². The lowest BCUT2D eigenvalue weighted by molar-refractivity contribution is 0.376. The molecule has 3 rings (SSSR count). The maximum absolute atomic E-state index is 12.1. The fraction of sp³-hybridized carbons (Fsp3) is 0.200. The molecule has 0 radical (unpaired) electrons. The molecule has 0 bridgehead atoms. The lowest BCUT2D eigenvalue weighted by atomic mass is 10.2.